The van der Waals surface area contributed by atoms with Crippen LogP contribution in [0.2, 0.25) is 0 Å². The van der Waals surface area contributed by atoms with E-state index in [1.807, 2.05) is 30.3 Å². The zero-order valence-electron chi connectivity index (χ0n) is 23.2. The number of fused-ring (bicyclic) bond motifs is 1. The zero-order valence-corrected chi connectivity index (χ0v) is 24.9. The molecule has 2 heterocycles. The number of anilines is 1. The molecule has 5 rings (SSSR count). The molecule has 3 aromatic carbocycles. The molecule has 0 aliphatic carbocycles. The number of nitrogens with zero attached hydrogens (tertiary/aromatic N) is 3. The van der Waals surface area contributed by atoms with Crippen LogP contribution in [0.5, 0.6) is 5.75 Å². The van der Waals surface area contributed by atoms with E-state index < -0.39 is 42.1 Å². The molecule has 0 saturated carbocycles. The number of nitrogens with two attached hydrogens (primary N) is 1. The average Bonchev–Trinajstić information content (AvgIpc) is 3.44. The lowest BCUT2D eigenvalue weighted by Gasteiger charge is -2.24. The third-order valence-electron chi connectivity index (χ3n) is 7.19. The average molecular weight is 611 g/mol. The highest BCUT2D eigenvalue weighted by Crippen LogP contribution is 2.36. The highest BCUT2D eigenvalue weighted by atomic mass is 32.2. The number of aromatic nitrogens is 2. The molecule has 0 spiro atoms. The van der Waals surface area contributed by atoms with E-state index in [1.165, 1.54) is 36.9 Å². The molecule has 13 heteroatoms. The van der Waals surface area contributed by atoms with Gasteiger partial charge in [0.2, 0.25) is 17.7 Å². The van der Waals surface area contributed by atoms with Crippen molar-refractivity contribution in [2.45, 2.75) is 42.7 Å². The van der Waals surface area contributed by atoms with Gasteiger partial charge in [0, 0.05) is 11.8 Å². The third-order valence-corrected chi connectivity index (χ3v) is 11.0. The summed E-state index contributed by atoms with van der Waals surface area (Å²) >= 11 is 0. The first-order valence-corrected chi connectivity index (χ1v) is 16.5. The molecule has 1 aromatic heterocycles. The van der Waals surface area contributed by atoms with Crippen LogP contribution in [0.1, 0.15) is 30.9 Å². The SMILES string of the molecule is CC(C)(c1nnc(-c2ccc3c(c2)N(Cc2ccc(OCc4ccccc4)cc2)C(=O)[C@@H](N)CS3(=O)=O)o1)S(C)(=O)=O. The molecule has 0 unspecified atom stereocenters. The molecule has 1 atom stereocenters. The van der Waals surface area contributed by atoms with Crippen molar-refractivity contribution in [3.05, 3.63) is 89.8 Å². The molecule has 1 amide bonds. The predicted molar refractivity (Wildman–Crippen MR) is 156 cm³/mol. The summed E-state index contributed by atoms with van der Waals surface area (Å²) in [6.45, 7) is 3.33. The molecule has 0 bridgehead atoms. The lowest BCUT2D eigenvalue weighted by molar-refractivity contribution is -0.119. The fraction of sp³-hybridized carbons (Fsp3) is 0.276. The first-order chi connectivity index (χ1) is 19.8. The van der Waals surface area contributed by atoms with Gasteiger partial charge in [0.25, 0.3) is 0 Å². The Morgan fingerprint density at radius 2 is 1.71 bits per heavy atom. The molecule has 0 saturated heterocycles. The van der Waals surface area contributed by atoms with E-state index in [-0.39, 0.29) is 28.9 Å². The standard InChI is InChI=1S/C29H30N4O7S2/c1-29(2,41(3,35)36)28-32-31-26(40-28)21-11-14-25-24(15-21)33(27(34)23(30)18-42(25,37)38)16-19-9-12-22(13-10-19)39-17-20-7-5-4-6-8-20/h4-15,23H,16-18,30H2,1-3H3/t23-/m0/s1. The maximum Gasteiger partial charge on any atom is 0.247 e. The van der Waals surface area contributed by atoms with Crippen LogP contribution in [0, 0.1) is 0 Å². The van der Waals surface area contributed by atoms with Crippen LogP contribution in [-0.4, -0.2) is 51.0 Å². The summed E-state index contributed by atoms with van der Waals surface area (Å²) in [6.07, 6.45) is 1.07. The molecule has 42 heavy (non-hydrogen) atoms. The van der Waals surface area contributed by atoms with Gasteiger partial charge in [-0.2, -0.15) is 0 Å². The molecule has 1 aliphatic heterocycles. The van der Waals surface area contributed by atoms with Gasteiger partial charge in [-0.25, -0.2) is 16.8 Å². The van der Waals surface area contributed by atoms with Crippen molar-refractivity contribution in [2.75, 3.05) is 16.9 Å². The molecule has 1 aliphatic rings. The van der Waals surface area contributed by atoms with Crippen LogP contribution in [0.15, 0.2) is 82.1 Å². The second kappa shape index (κ2) is 11.0. The van der Waals surface area contributed by atoms with Crippen LogP contribution >= 0.6 is 0 Å². The minimum atomic E-state index is -3.92. The van der Waals surface area contributed by atoms with E-state index in [0.717, 1.165) is 11.8 Å². The Morgan fingerprint density at radius 1 is 1.02 bits per heavy atom. The number of rotatable bonds is 8. The topological polar surface area (TPSA) is 163 Å². The highest BCUT2D eigenvalue weighted by Gasteiger charge is 2.39. The van der Waals surface area contributed by atoms with Crippen LogP contribution < -0.4 is 15.4 Å². The molecular weight excluding hydrogens is 580 g/mol. The summed E-state index contributed by atoms with van der Waals surface area (Å²) < 4.78 is 61.0. The Hall–Kier alpha value is -4.07. The van der Waals surface area contributed by atoms with Crippen molar-refractivity contribution in [3.8, 4) is 17.2 Å². The molecule has 11 nitrogen and oxygen atoms in total. The predicted octanol–water partition coefficient (Wildman–Crippen LogP) is 3.24. The molecule has 0 fully saturated rings. The monoisotopic (exact) mass is 610 g/mol. The number of carbonyl (C=O) groups is 1. The summed E-state index contributed by atoms with van der Waals surface area (Å²) in [5.74, 6) is -0.622. The van der Waals surface area contributed by atoms with E-state index >= 15 is 0 Å². The van der Waals surface area contributed by atoms with Crippen LogP contribution in [0.4, 0.5) is 5.69 Å². The van der Waals surface area contributed by atoms with E-state index in [4.69, 9.17) is 14.9 Å². The second-order valence-electron chi connectivity index (χ2n) is 10.6. The number of carbonyl (C=O) groups excluding carboxylic acids is 1. The Labute approximate surface area is 244 Å². The van der Waals surface area contributed by atoms with Crippen LogP contribution in [0.25, 0.3) is 11.5 Å². The normalized spacial score (nSPS) is 17.0. The molecular formula is C29H30N4O7S2. The van der Waals surface area contributed by atoms with E-state index in [1.54, 1.807) is 24.3 Å². The van der Waals surface area contributed by atoms with Crippen molar-refractivity contribution in [3.63, 3.8) is 0 Å². The first-order valence-electron chi connectivity index (χ1n) is 13.0. The highest BCUT2D eigenvalue weighted by molar-refractivity contribution is 7.92. The van der Waals surface area contributed by atoms with Crippen molar-refractivity contribution in [1.29, 1.82) is 0 Å². The second-order valence-corrected chi connectivity index (χ2v) is 15.2. The quantitative estimate of drug-likeness (QED) is 0.313. The van der Waals surface area contributed by atoms with Crippen LogP contribution in [0.3, 0.4) is 0 Å². The van der Waals surface area contributed by atoms with Gasteiger partial charge in [-0.15, -0.1) is 10.2 Å². The summed E-state index contributed by atoms with van der Waals surface area (Å²) in [5.41, 5.74) is 8.20. The van der Waals surface area contributed by atoms with Gasteiger partial charge in [-0.05, 0) is 55.3 Å². The van der Waals surface area contributed by atoms with Gasteiger partial charge < -0.3 is 19.8 Å². The van der Waals surface area contributed by atoms with Crippen LogP contribution in [-0.2, 0) is 42.4 Å². The Kier molecular flexibility index (Phi) is 7.68. The summed E-state index contributed by atoms with van der Waals surface area (Å²) in [7, 11) is -7.50. The molecule has 220 valence electrons. The maximum absolute atomic E-state index is 13.4. The maximum atomic E-state index is 13.4. The number of hydrogen-bond acceptors (Lipinski definition) is 10. The third kappa shape index (κ3) is 5.80. The van der Waals surface area contributed by atoms with Crippen molar-refractivity contribution >= 4 is 31.3 Å². The van der Waals surface area contributed by atoms with Gasteiger partial charge in [-0.1, -0.05) is 42.5 Å². The first kappa shape index (κ1) is 29.4. The van der Waals surface area contributed by atoms with Gasteiger partial charge in [-0.3, -0.25) is 4.79 Å². The van der Waals surface area contributed by atoms with Gasteiger partial charge in [0.05, 0.1) is 28.9 Å². The van der Waals surface area contributed by atoms with Crippen molar-refractivity contribution < 1.29 is 30.8 Å². The fourth-order valence-electron chi connectivity index (χ4n) is 4.36. The molecule has 2 N–H and O–H groups in total. The zero-order chi connectivity index (χ0) is 30.3. The molecule has 4 aromatic rings. The van der Waals surface area contributed by atoms with E-state index in [0.29, 0.717) is 23.5 Å². The largest absolute Gasteiger partial charge is 0.489 e. The summed E-state index contributed by atoms with van der Waals surface area (Å²) in [6, 6.07) is 19.9. The number of ether oxygens (including phenoxy) is 1. The summed E-state index contributed by atoms with van der Waals surface area (Å²) in [4.78, 5) is 14.7. The number of sulfone groups is 2. The lowest BCUT2D eigenvalue weighted by atomic mass is 10.1. The lowest BCUT2D eigenvalue weighted by Crippen LogP contribution is -2.45. The van der Waals surface area contributed by atoms with Gasteiger partial charge >= 0.3 is 0 Å². The number of hydrogen-bond donors (Lipinski definition) is 1. The Balaban J connectivity index is 1.47. The number of amides is 1. The van der Waals surface area contributed by atoms with Crippen molar-refractivity contribution in [2.24, 2.45) is 5.73 Å². The smallest absolute Gasteiger partial charge is 0.247 e. The molecule has 0 radical (unpaired) electrons. The minimum absolute atomic E-state index is 0.0252. The van der Waals surface area contributed by atoms with Crippen molar-refractivity contribution in [1.82, 2.24) is 10.2 Å². The van der Waals surface area contributed by atoms with E-state index in [9.17, 15) is 21.6 Å². The Bertz CT molecular complexity index is 1840. The van der Waals surface area contributed by atoms with Gasteiger partial charge in [0.15, 0.2) is 19.7 Å². The van der Waals surface area contributed by atoms with E-state index in [2.05, 4.69) is 10.2 Å². The minimum Gasteiger partial charge on any atom is -0.489 e. The Morgan fingerprint density at radius 3 is 2.38 bits per heavy atom. The van der Waals surface area contributed by atoms with Gasteiger partial charge in [0.1, 0.15) is 17.1 Å². The fourth-order valence-corrected chi connectivity index (χ4v) is 6.32. The summed E-state index contributed by atoms with van der Waals surface area (Å²) in [5, 5.41) is 7.91. The number of benzene rings is 3.